The quantitative estimate of drug-likeness (QED) is 0.618. The third-order valence-corrected chi connectivity index (χ3v) is 6.86. The molecule has 10 heteroatoms. The van der Waals surface area contributed by atoms with E-state index in [0.717, 1.165) is 9.96 Å². The molecule has 8 nitrogen and oxygen atoms in total. The van der Waals surface area contributed by atoms with Gasteiger partial charge in [0.25, 0.3) is 0 Å². The molecular weight excluding hydrogens is 413 g/mol. The van der Waals surface area contributed by atoms with E-state index in [0.29, 0.717) is 25.1 Å². The Labute approximate surface area is 171 Å². The molecule has 0 unspecified atom stereocenters. The molecule has 1 aliphatic heterocycles. The summed E-state index contributed by atoms with van der Waals surface area (Å²) in [6.45, 7) is 0.307. The number of rotatable bonds is 5. The summed E-state index contributed by atoms with van der Waals surface area (Å²) in [4.78, 5) is 29.2. The van der Waals surface area contributed by atoms with E-state index in [1.165, 1.54) is 34.8 Å². The molecule has 1 fully saturated rings. The average Bonchev–Trinajstić information content (AvgIpc) is 3.08. The van der Waals surface area contributed by atoms with Crippen molar-refractivity contribution in [2.45, 2.75) is 19.3 Å². The van der Waals surface area contributed by atoms with E-state index >= 15 is 0 Å². The molecule has 2 aromatic heterocycles. The molecule has 3 heterocycles. The summed E-state index contributed by atoms with van der Waals surface area (Å²) in [6, 6.07) is 8.62. The SMILES string of the molecule is O=C(CCc1ccc(F)cc1)c1nc2ccc(N3CCCS3(=O)=O)cn2c(=O)c1O. The molecule has 0 amide bonds. The Morgan fingerprint density at radius 2 is 1.90 bits per heavy atom. The zero-order valence-electron chi connectivity index (χ0n) is 15.8. The predicted octanol–water partition coefficient (Wildman–Crippen LogP) is 1.89. The number of Topliss-reactive ketones (excluding diaryl/α,β-unsaturated/α-hetero) is 1. The third kappa shape index (κ3) is 3.65. The number of carbonyl (C=O) groups excluding carboxylic acids is 1. The van der Waals surface area contributed by atoms with Crippen molar-refractivity contribution in [2.75, 3.05) is 16.6 Å². The Balaban J connectivity index is 1.64. The smallest absolute Gasteiger partial charge is 0.300 e. The fraction of sp³-hybridized carbons (Fsp3) is 0.250. The lowest BCUT2D eigenvalue weighted by Crippen LogP contribution is -2.26. The van der Waals surface area contributed by atoms with Crippen molar-refractivity contribution in [3.8, 4) is 5.75 Å². The van der Waals surface area contributed by atoms with Crippen molar-refractivity contribution in [1.29, 1.82) is 0 Å². The maximum atomic E-state index is 13.0. The van der Waals surface area contributed by atoms with Crippen LogP contribution in [0, 0.1) is 5.82 Å². The molecule has 1 N–H and O–H groups in total. The third-order valence-electron chi connectivity index (χ3n) is 4.99. The van der Waals surface area contributed by atoms with Crippen LogP contribution in [-0.2, 0) is 16.4 Å². The summed E-state index contributed by atoms with van der Waals surface area (Å²) in [5.74, 6) is -1.67. The van der Waals surface area contributed by atoms with E-state index in [1.54, 1.807) is 12.1 Å². The Morgan fingerprint density at radius 1 is 1.17 bits per heavy atom. The number of aromatic hydroxyl groups is 1. The minimum atomic E-state index is -3.43. The van der Waals surface area contributed by atoms with Gasteiger partial charge in [0.15, 0.2) is 11.5 Å². The highest BCUT2D eigenvalue weighted by Gasteiger charge is 2.29. The number of aromatic nitrogens is 2. The van der Waals surface area contributed by atoms with E-state index in [-0.39, 0.29) is 29.3 Å². The number of sulfonamides is 1. The number of anilines is 1. The van der Waals surface area contributed by atoms with Gasteiger partial charge in [-0.05, 0) is 42.7 Å². The number of hydrogen-bond acceptors (Lipinski definition) is 6. The van der Waals surface area contributed by atoms with Crippen LogP contribution in [0.3, 0.4) is 0 Å². The molecule has 156 valence electrons. The summed E-state index contributed by atoms with van der Waals surface area (Å²) >= 11 is 0. The number of nitrogens with zero attached hydrogens (tertiary/aromatic N) is 3. The molecule has 1 saturated heterocycles. The molecule has 0 aliphatic carbocycles. The average molecular weight is 431 g/mol. The normalized spacial score (nSPS) is 15.6. The summed E-state index contributed by atoms with van der Waals surface area (Å²) in [5, 5.41) is 10.3. The van der Waals surface area contributed by atoms with Gasteiger partial charge in [-0.2, -0.15) is 0 Å². The number of halogens is 1. The first kappa shape index (κ1) is 20.0. The maximum Gasteiger partial charge on any atom is 0.300 e. The molecular formula is C20H18FN3O5S. The minimum absolute atomic E-state index is 0.0219. The Kier molecular flexibility index (Phi) is 5.02. The van der Waals surface area contributed by atoms with Gasteiger partial charge < -0.3 is 5.11 Å². The number of pyridine rings is 1. The van der Waals surface area contributed by atoms with Crippen LogP contribution in [0.2, 0.25) is 0 Å². The fourth-order valence-corrected chi connectivity index (χ4v) is 4.97. The van der Waals surface area contributed by atoms with Gasteiger partial charge in [-0.15, -0.1) is 0 Å². The summed E-state index contributed by atoms with van der Waals surface area (Å²) in [6.07, 6.45) is 2.05. The topological polar surface area (TPSA) is 109 Å². The van der Waals surface area contributed by atoms with Crippen molar-refractivity contribution in [2.24, 2.45) is 0 Å². The van der Waals surface area contributed by atoms with Gasteiger partial charge in [0.05, 0.1) is 11.4 Å². The van der Waals surface area contributed by atoms with Crippen molar-refractivity contribution < 1.29 is 22.7 Å². The van der Waals surface area contributed by atoms with E-state index in [4.69, 9.17) is 0 Å². The largest absolute Gasteiger partial charge is 0.501 e. The molecule has 0 radical (unpaired) electrons. The van der Waals surface area contributed by atoms with Crippen LogP contribution in [-0.4, -0.2) is 41.0 Å². The van der Waals surface area contributed by atoms with Crippen molar-refractivity contribution in [3.05, 3.63) is 70.0 Å². The molecule has 0 spiro atoms. The highest BCUT2D eigenvalue weighted by Crippen LogP contribution is 2.24. The van der Waals surface area contributed by atoms with Crippen molar-refractivity contribution in [3.63, 3.8) is 0 Å². The first-order chi connectivity index (χ1) is 14.3. The number of hydrogen-bond donors (Lipinski definition) is 1. The van der Waals surface area contributed by atoms with Crippen LogP contribution in [0.5, 0.6) is 5.75 Å². The van der Waals surface area contributed by atoms with Gasteiger partial charge in [0.2, 0.25) is 15.8 Å². The standard InChI is InChI=1S/C20H18FN3O5S/c21-14-5-2-13(3-6-14)4-8-16(25)18-19(26)20(27)23-12-15(7-9-17(23)22-18)24-10-1-11-30(24,28)29/h2-3,5-7,9,12,26H,1,4,8,10-11H2. The van der Waals surface area contributed by atoms with Crippen LogP contribution in [0.1, 0.15) is 28.9 Å². The Bertz CT molecular complexity index is 1300. The van der Waals surface area contributed by atoms with E-state index in [9.17, 15) is 27.5 Å². The van der Waals surface area contributed by atoms with Crippen molar-refractivity contribution >= 4 is 27.1 Å². The van der Waals surface area contributed by atoms with Gasteiger partial charge >= 0.3 is 5.56 Å². The number of ketones is 1. The van der Waals surface area contributed by atoms with E-state index in [2.05, 4.69) is 4.98 Å². The van der Waals surface area contributed by atoms with Crippen LogP contribution < -0.4 is 9.86 Å². The van der Waals surface area contributed by atoms with Crippen molar-refractivity contribution in [1.82, 2.24) is 9.38 Å². The molecule has 3 aromatic rings. The second kappa shape index (κ2) is 7.52. The highest BCUT2D eigenvalue weighted by atomic mass is 32.2. The zero-order chi connectivity index (χ0) is 21.5. The lowest BCUT2D eigenvalue weighted by molar-refractivity contribution is 0.0975. The molecule has 0 bridgehead atoms. The van der Waals surface area contributed by atoms with Crippen LogP contribution >= 0.6 is 0 Å². The second-order valence-electron chi connectivity index (χ2n) is 7.02. The molecule has 1 aliphatic rings. The van der Waals surface area contributed by atoms with Gasteiger partial charge in [-0.3, -0.25) is 18.3 Å². The van der Waals surface area contributed by atoms with Gasteiger partial charge in [0, 0.05) is 19.2 Å². The number of benzene rings is 1. The maximum absolute atomic E-state index is 13.0. The molecule has 4 rings (SSSR count). The predicted molar refractivity (Wildman–Crippen MR) is 108 cm³/mol. The highest BCUT2D eigenvalue weighted by molar-refractivity contribution is 7.93. The summed E-state index contributed by atoms with van der Waals surface area (Å²) < 4.78 is 39.4. The van der Waals surface area contributed by atoms with E-state index in [1.807, 2.05) is 0 Å². The number of carbonyl (C=O) groups is 1. The minimum Gasteiger partial charge on any atom is -0.501 e. The van der Waals surface area contributed by atoms with Gasteiger partial charge in [-0.1, -0.05) is 12.1 Å². The van der Waals surface area contributed by atoms with E-state index < -0.39 is 27.1 Å². The first-order valence-electron chi connectivity index (χ1n) is 9.30. The lowest BCUT2D eigenvalue weighted by atomic mass is 10.1. The Morgan fingerprint density at radius 3 is 2.57 bits per heavy atom. The van der Waals surface area contributed by atoms with Gasteiger partial charge in [0.1, 0.15) is 11.5 Å². The molecule has 30 heavy (non-hydrogen) atoms. The molecule has 1 aromatic carbocycles. The van der Waals surface area contributed by atoms with Gasteiger partial charge in [-0.25, -0.2) is 17.8 Å². The number of fused-ring (bicyclic) bond motifs is 1. The Hall–Kier alpha value is -3.27. The van der Waals surface area contributed by atoms with Crippen LogP contribution in [0.15, 0.2) is 47.4 Å². The lowest BCUT2D eigenvalue weighted by Gasteiger charge is -2.17. The van der Waals surface area contributed by atoms with Crippen LogP contribution in [0.4, 0.5) is 10.1 Å². The van der Waals surface area contributed by atoms with Crippen LogP contribution in [0.25, 0.3) is 5.65 Å². The summed E-state index contributed by atoms with van der Waals surface area (Å²) in [5.41, 5.74) is -0.0626. The number of aryl methyl sites for hydroxylation is 1. The summed E-state index contributed by atoms with van der Waals surface area (Å²) in [7, 11) is -3.43. The fourth-order valence-electron chi connectivity index (χ4n) is 3.42. The molecule has 0 saturated carbocycles. The zero-order valence-corrected chi connectivity index (χ0v) is 16.6. The second-order valence-corrected chi connectivity index (χ2v) is 9.03. The molecule has 0 atom stereocenters. The first-order valence-corrected chi connectivity index (χ1v) is 10.9. The monoisotopic (exact) mass is 431 g/mol.